The van der Waals surface area contributed by atoms with Crippen molar-refractivity contribution in [3.8, 4) is 0 Å². The van der Waals surface area contributed by atoms with E-state index in [1.54, 1.807) is 6.07 Å². The standard InChI is InChI=1S/C13H16ClF2N/c14-10-4-3-5-11(15)9(10)8-12(16)13-6-1-2-7-17-13/h3-5,12-13,17H,1-2,6-8H2. The van der Waals surface area contributed by atoms with Crippen molar-refractivity contribution in [1.29, 1.82) is 0 Å². The molecule has 0 spiro atoms. The van der Waals surface area contributed by atoms with Crippen molar-refractivity contribution in [2.24, 2.45) is 0 Å². The molecule has 1 fully saturated rings. The fourth-order valence-electron chi connectivity index (χ4n) is 2.25. The molecule has 1 aliphatic heterocycles. The Hall–Kier alpha value is -0.670. The van der Waals surface area contributed by atoms with Gasteiger partial charge < -0.3 is 5.32 Å². The number of alkyl halides is 1. The van der Waals surface area contributed by atoms with Crippen molar-refractivity contribution in [2.75, 3.05) is 6.54 Å². The Labute approximate surface area is 105 Å². The lowest BCUT2D eigenvalue weighted by Gasteiger charge is -2.26. The van der Waals surface area contributed by atoms with Crippen LogP contribution in [0.25, 0.3) is 0 Å². The summed E-state index contributed by atoms with van der Waals surface area (Å²) in [5.74, 6) is -0.420. The Morgan fingerprint density at radius 3 is 2.88 bits per heavy atom. The molecule has 1 aliphatic rings. The lowest BCUT2D eigenvalue weighted by molar-refractivity contribution is 0.215. The molecule has 2 unspecified atom stereocenters. The Balaban J connectivity index is 2.04. The molecule has 94 valence electrons. The van der Waals surface area contributed by atoms with E-state index in [1.165, 1.54) is 12.1 Å². The number of rotatable bonds is 3. The van der Waals surface area contributed by atoms with Gasteiger partial charge in [0.15, 0.2) is 0 Å². The van der Waals surface area contributed by atoms with Gasteiger partial charge in [-0.15, -0.1) is 0 Å². The zero-order valence-corrected chi connectivity index (χ0v) is 10.3. The molecular weight excluding hydrogens is 244 g/mol. The molecule has 0 radical (unpaired) electrons. The first-order valence-electron chi connectivity index (χ1n) is 5.99. The first kappa shape index (κ1) is 12.8. The van der Waals surface area contributed by atoms with Gasteiger partial charge in [-0.2, -0.15) is 0 Å². The normalized spacial score (nSPS) is 22.4. The van der Waals surface area contributed by atoms with Crippen LogP contribution in [-0.4, -0.2) is 18.8 Å². The highest BCUT2D eigenvalue weighted by atomic mass is 35.5. The van der Waals surface area contributed by atoms with E-state index in [0.29, 0.717) is 5.02 Å². The third-order valence-electron chi connectivity index (χ3n) is 3.25. The third-order valence-corrected chi connectivity index (χ3v) is 3.60. The fourth-order valence-corrected chi connectivity index (χ4v) is 2.49. The topological polar surface area (TPSA) is 12.0 Å². The first-order chi connectivity index (χ1) is 8.18. The summed E-state index contributed by atoms with van der Waals surface area (Å²) in [5.41, 5.74) is 0.286. The van der Waals surface area contributed by atoms with Crippen molar-refractivity contribution in [1.82, 2.24) is 5.32 Å². The van der Waals surface area contributed by atoms with E-state index in [0.717, 1.165) is 25.8 Å². The minimum atomic E-state index is -1.08. The summed E-state index contributed by atoms with van der Waals surface area (Å²) in [4.78, 5) is 0. The maximum absolute atomic E-state index is 14.0. The van der Waals surface area contributed by atoms with Crippen LogP contribution in [0, 0.1) is 5.82 Å². The second-order valence-corrected chi connectivity index (χ2v) is 4.88. The molecule has 1 aromatic carbocycles. The fraction of sp³-hybridized carbons (Fsp3) is 0.538. The predicted molar refractivity (Wildman–Crippen MR) is 65.7 cm³/mol. The highest BCUT2D eigenvalue weighted by Crippen LogP contribution is 2.24. The van der Waals surface area contributed by atoms with Crippen LogP contribution in [0.2, 0.25) is 5.02 Å². The first-order valence-corrected chi connectivity index (χ1v) is 6.36. The molecule has 2 atom stereocenters. The number of nitrogens with one attached hydrogen (secondary N) is 1. The number of piperidine rings is 1. The Bertz CT molecular complexity index is 357. The van der Waals surface area contributed by atoms with Gasteiger partial charge in [-0.1, -0.05) is 24.1 Å². The highest BCUT2D eigenvalue weighted by Gasteiger charge is 2.24. The average molecular weight is 260 g/mol. The van der Waals surface area contributed by atoms with Gasteiger partial charge in [0.1, 0.15) is 12.0 Å². The molecule has 0 aliphatic carbocycles. The third kappa shape index (κ3) is 3.17. The molecule has 4 heteroatoms. The van der Waals surface area contributed by atoms with Crippen LogP contribution in [0.15, 0.2) is 18.2 Å². The number of halogens is 3. The largest absolute Gasteiger partial charge is 0.311 e. The number of benzene rings is 1. The lowest BCUT2D eigenvalue weighted by Crippen LogP contribution is -2.42. The van der Waals surface area contributed by atoms with Gasteiger partial charge in [0.05, 0.1) is 0 Å². The van der Waals surface area contributed by atoms with Gasteiger partial charge in [-0.3, -0.25) is 0 Å². The Morgan fingerprint density at radius 1 is 1.41 bits per heavy atom. The van der Waals surface area contributed by atoms with Gasteiger partial charge in [-0.25, -0.2) is 8.78 Å². The van der Waals surface area contributed by atoms with E-state index < -0.39 is 12.0 Å². The zero-order chi connectivity index (χ0) is 12.3. The molecule has 1 heterocycles. The average Bonchev–Trinajstić information content (AvgIpc) is 2.35. The highest BCUT2D eigenvalue weighted by molar-refractivity contribution is 6.31. The summed E-state index contributed by atoms with van der Waals surface area (Å²) in [6.07, 6.45) is 1.90. The molecule has 0 aromatic heterocycles. The van der Waals surface area contributed by atoms with Crippen molar-refractivity contribution in [3.05, 3.63) is 34.6 Å². The van der Waals surface area contributed by atoms with Gasteiger partial charge in [-0.05, 0) is 31.5 Å². The van der Waals surface area contributed by atoms with Crippen LogP contribution in [-0.2, 0) is 6.42 Å². The summed E-state index contributed by atoms with van der Waals surface area (Å²) < 4.78 is 27.6. The van der Waals surface area contributed by atoms with Gasteiger partial charge in [0.25, 0.3) is 0 Å². The molecule has 1 nitrogen and oxygen atoms in total. The van der Waals surface area contributed by atoms with E-state index in [2.05, 4.69) is 5.32 Å². The maximum Gasteiger partial charge on any atom is 0.127 e. The quantitative estimate of drug-likeness (QED) is 0.876. The molecule has 0 bridgehead atoms. The SMILES string of the molecule is Fc1cccc(Cl)c1CC(F)C1CCCCN1. The van der Waals surface area contributed by atoms with Crippen LogP contribution in [0.4, 0.5) is 8.78 Å². The molecule has 2 rings (SSSR count). The summed E-state index contributed by atoms with van der Waals surface area (Å²) in [7, 11) is 0. The van der Waals surface area contributed by atoms with Crippen molar-refractivity contribution < 1.29 is 8.78 Å². The van der Waals surface area contributed by atoms with Crippen molar-refractivity contribution in [3.63, 3.8) is 0 Å². The van der Waals surface area contributed by atoms with Crippen molar-refractivity contribution >= 4 is 11.6 Å². The lowest BCUT2D eigenvalue weighted by atomic mass is 9.96. The second-order valence-electron chi connectivity index (χ2n) is 4.48. The van der Waals surface area contributed by atoms with Crippen LogP contribution in [0.3, 0.4) is 0 Å². The van der Waals surface area contributed by atoms with Gasteiger partial charge in [0.2, 0.25) is 0 Å². The molecule has 1 saturated heterocycles. The van der Waals surface area contributed by atoms with E-state index in [9.17, 15) is 8.78 Å². The summed E-state index contributed by atoms with van der Waals surface area (Å²) in [5, 5.41) is 3.45. The maximum atomic E-state index is 14.0. The van der Waals surface area contributed by atoms with Gasteiger partial charge >= 0.3 is 0 Å². The summed E-state index contributed by atoms with van der Waals surface area (Å²) in [6.45, 7) is 0.843. The number of hydrogen-bond acceptors (Lipinski definition) is 1. The zero-order valence-electron chi connectivity index (χ0n) is 9.56. The molecule has 17 heavy (non-hydrogen) atoms. The molecule has 0 saturated carbocycles. The van der Waals surface area contributed by atoms with Crippen molar-refractivity contribution in [2.45, 2.75) is 37.9 Å². The predicted octanol–water partition coefficient (Wildman–Crippen LogP) is 3.50. The van der Waals surface area contributed by atoms with Crippen LogP contribution in [0.5, 0.6) is 0 Å². The molecule has 0 amide bonds. The summed E-state index contributed by atoms with van der Waals surface area (Å²) in [6, 6.07) is 4.29. The molecule has 1 N–H and O–H groups in total. The Morgan fingerprint density at radius 2 is 2.24 bits per heavy atom. The van der Waals surface area contributed by atoms with E-state index in [4.69, 9.17) is 11.6 Å². The van der Waals surface area contributed by atoms with Crippen LogP contribution in [0.1, 0.15) is 24.8 Å². The smallest absolute Gasteiger partial charge is 0.127 e. The summed E-state index contributed by atoms with van der Waals surface area (Å²) >= 11 is 5.89. The monoisotopic (exact) mass is 259 g/mol. The second kappa shape index (κ2) is 5.78. The van der Waals surface area contributed by atoms with Crippen LogP contribution >= 0.6 is 11.6 Å². The number of hydrogen-bond donors (Lipinski definition) is 1. The minimum Gasteiger partial charge on any atom is -0.311 e. The van der Waals surface area contributed by atoms with Gasteiger partial charge in [0, 0.05) is 23.0 Å². The van der Waals surface area contributed by atoms with Crippen LogP contribution < -0.4 is 5.32 Å². The molecule has 1 aromatic rings. The van der Waals surface area contributed by atoms with E-state index in [-0.39, 0.29) is 18.0 Å². The minimum absolute atomic E-state index is 0.0448. The Kier molecular flexibility index (Phi) is 4.35. The molecular formula is C13H16ClF2N. The van der Waals surface area contributed by atoms with E-state index >= 15 is 0 Å². The van der Waals surface area contributed by atoms with E-state index in [1.807, 2.05) is 0 Å².